The smallest absolute Gasteiger partial charge is 0.176 e. The summed E-state index contributed by atoms with van der Waals surface area (Å²) >= 11 is 1.24. The summed E-state index contributed by atoms with van der Waals surface area (Å²) < 4.78 is 8.84. The van der Waals surface area contributed by atoms with Gasteiger partial charge in [0, 0.05) is 18.2 Å². The molecule has 1 aliphatic heterocycles. The first-order valence-corrected chi connectivity index (χ1v) is 8.00. The van der Waals surface area contributed by atoms with Crippen molar-refractivity contribution < 1.29 is 4.18 Å². The quantitative estimate of drug-likeness (QED) is 0.469. The van der Waals surface area contributed by atoms with Crippen molar-refractivity contribution in [2.45, 2.75) is 6.42 Å². The lowest BCUT2D eigenvalue weighted by atomic mass is 9.94. The molecule has 4 rings (SSSR count). The molecule has 0 amide bonds. The topological polar surface area (TPSA) is 21.3 Å². The van der Waals surface area contributed by atoms with Crippen LogP contribution in [0.2, 0.25) is 0 Å². The highest BCUT2D eigenvalue weighted by atomic mass is 32.2. The maximum atomic E-state index is 5.72. The highest BCUT2D eigenvalue weighted by molar-refractivity contribution is 7.93. The molecule has 0 aromatic heterocycles. The second-order valence-corrected chi connectivity index (χ2v) is 5.83. The van der Waals surface area contributed by atoms with Crippen molar-refractivity contribution in [2.75, 3.05) is 0 Å². The Labute approximate surface area is 134 Å². The minimum absolute atomic E-state index is 0.862. The number of fused-ring (bicyclic) bond motifs is 4. The normalized spacial score (nSPS) is 15.1. The van der Waals surface area contributed by atoms with Crippen LogP contribution in [0.4, 0.5) is 0 Å². The fourth-order valence-corrected chi connectivity index (χ4v) is 3.27. The Kier molecular flexibility index (Phi) is 3.49. The van der Waals surface area contributed by atoms with Crippen LogP contribution in [0.15, 0.2) is 66.9 Å². The molecule has 3 aromatic rings. The molecule has 22 heavy (non-hydrogen) atoms. The van der Waals surface area contributed by atoms with Gasteiger partial charge in [0.25, 0.3) is 0 Å². The summed E-state index contributed by atoms with van der Waals surface area (Å²) in [6, 6.07) is 21.1. The number of hydrogen-bond donors (Lipinski definition) is 1. The predicted molar refractivity (Wildman–Crippen MR) is 93.6 cm³/mol. The second-order valence-electron chi connectivity index (χ2n) is 5.26. The molecule has 0 saturated heterocycles. The van der Waals surface area contributed by atoms with Crippen LogP contribution in [0.25, 0.3) is 16.8 Å². The Balaban J connectivity index is 1.92. The van der Waals surface area contributed by atoms with E-state index >= 15 is 0 Å². The zero-order chi connectivity index (χ0) is 14.8. The highest BCUT2D eigenvalue weighted by Crippen LogP contribution is 2.30. The van der Waals surface area contributed by atoms with Gasteiger partial charge in [0.2, 0.25) is 0 Å². The van der Waals surface area contributed by atoms with E-state index in [0.717, 1.165) is 12.2 Å². The molecular formula is C19H15NOS. The summed E-state index contributed by atoms with van der Waals surface area (Å²) in [4.78, 5) is 0. The van der Waals surface area contributed by atoms with Crippen LogP contribution in [0, 0.1) is 0 Å². The fourth-order valence-electron chi connectivity index (χ4n) is 2.84. The summed E-state index contributed by atoms with van der Waals surface area (Å²) in [5, 5.41) is 2.54. The Hall–Kier alpha value is -2.39. The number of rotatable bonds is 0. The number of hydrogen-bond acceptors (Lipinski definition) is 3. The molecule has 3 aromatic carbocycles. The van der Waals surface area contributed by atoms with Crippen LogP contribution in [0.3, 0.4) is 0 Å². The largest absolute Gasteiger partial charge is 0.405 e. The van der Waals surface area contributed by atoms with E-state index < -0.39 is 0 Å². The van der Waals surface area contributed by atoms with E-state index in [-0.39, 0.29) is 0 Å². The number of benzene rings is 3. The highest BCUT2D eigenvalue weighted by Gasteiger charge is 2.11. The van der Waals surface area contributed by atoms with Gasteiger partial charge in [-0.25, -0.2) is 0 Å². The van der Waals surface area contributed by atoms with Gasteiger partial charge >= 0.3 is 0 Å². The molecular weight excluding hydrogens is 290 g/mol. The molecule has 108 valence electrons. The predicted octanol–water partition coefficient (Wildman–Crippen LogP) is 4.95. The van der Waals surface area contributed by atoms with Crippen molar-refractivity contribution in [1.29, 1.82) is 0 Å². The number of para-hydroxylation sites is 1. The first-order chi connectivity index (χ1) is 10.9. The third-order valence-corrected chi connectivity index (χ3v) is 4.41. The van der Waals surface area contributed by atoms with E-state index in [0.29, 0.717) is 0 Å². The fraction of sp³-hybridized carbons (Fsp3) is 0.0526. The molecule has 0 aliphatic carbocycles. The lowest BCUT2D eigenvalue weighted by Gasteiger charge is -2.15. The Bertz CT molecular complexity index is 857. The molecule has 0 bridgehead atoms. The molecule has 0 saturated carbocycles. The first kappa shape index (κ1) is 13.3. The van der Waals surface area contributed by atoms with Gasteiger partial charge < -0.3 is 8.91 Å². The monoisotopic (exact) mass is 305 g/mol. The van der Waals surface area contributed by atoms with Gasteiger partial charge in [0.1, 0.15) is 5.75 Å². The summed E-state index contributed by atoms with van der Waals surface area (Å²) in [5.74, 6) is 0.911. The summed E-state index contributed by atoms with van der Waals surface area (Å²) in [6.07, 6.45) is 4.92. The number of nitrogens with one attached hydrogen (secondary N) is 1. The molecule has 0 spiro atoms. The van der Waals surface area contributed by atoms with E-state index in [1.165, 1.54) is 39.7 Å². The van der Waals surface area contributed by atoms with Crippen LogP contribution in [0.1, 0.15) is 16.7 Å². The molecule has 0 fully saturated rings. The maximum Gasteiger partial charge on any atom is 0.176 e. The Morgan fingerprint density at radius 1 is 0.864 bits per heavy atom. The van der Waals surface area contributed by atoms with Gasteiger partial charge in [-0.3, -0.25) is 0 Å². The van der Waals surface area contributed by atoms with Gasteiger partial charge in [0.05, 0.1) is 0 Å². The van der Waals surface area contributed by atoms with Gasteiger partial charge in [0.15, 0.2) is 12.2 Å². The van der Waals surface area contributed by atoms with Crippen molar-refractivity contribution in [3.63, 3.8) is 0 Å². The van der Waals surface area contributed by atoms with Crippen LogP contribution >= 0.6 is 12.2 Å². The molecule has 0 atom stereocenters. The second kappa shape index (κ2) is 5.78. The van der Waals surface area contributed by atoms with Gasteiger partial charge in [-0.1, -0.05) is 54.6 Å². The lowest BCUT2D eigenvalue weighted by molar-refractivity contribution is 0.632. The third kappa shape index (κ3) is 2.44. The summed E-state index contributed by atoms with van der Waals surface area (Å²) in [7, 11) is 0. The maximum absolute atomic E-state index is 5.72. The zero-order valence-electron chi connectivity index (χ0n) is 12.0. The van der Waals surface area contributed by atoms with Crippen molar-refractivity contribution in [2.24, 2.45) is 0 Å². The molecule has 0 radical (unpaired) electrons. The third-order valence-electron chi connectivity index (χ3n) is 3.91. The lowest BCUT2D eigenvalue weighted by Crippen LogP contribution is -2.02. The summed E-state index contributed by atoms with van der Waals surface area (Å²) in [5.41, 5.74) is 3.77. The molecule has 2 nitrogen and oxygen atoms in total. The van der Waals surface area contributed by atoms with E-state index in [1.54, 1.807) is 0 Å². The average Bonchev–Trinajstić information content (AvgIpc) is 2.57. The molecule has 1 aliphatic rings. The van der Waals surface area contributed by atoms with E-state index in [9.17, 15) is 0 Å². The average molecular weight is 305 g/mol. The zero-order valence-corrected chi connectivity index (χ0v) is 12.8. The van der Waals surface area contributed by atoms with Crippen LogP contribution in [0.5, 0.6) is 5.75 Å². The van der Waals surface area contributed by atoms with Gasteiger partial charge in [-0.15, -0.1) is 0 Å². The van der Waals surface area contributed by atoms with Crippen LogP contribution in [-0.4, -0.2) is 0 Å². The van der Waals surface area contributed by atoms with Crippen molar-refractivity contribution in [3.8, 4) is 5.75 Å². The van der Waals surface area contributed by atoms with Crippen molar-refractivity contribution >= 4 is 29.1 Å². The minimum atomic E-state index is 0.862. The summed E-state index contributed by atoms with van der Waals surface area (Å²) in [6.45, 7) is 0. The van der Waals surface area contributed by atoms with Gasteiger partial charge in [-0.2, -0.15) is 0 Å². The molecule has 3 heteroatoms. The van der Waals surface area contributed by atoms with Crippen molar-refractivity contribution in [3.05, 3.63) is 83.6 Å². The van der Waals surface area contributed by atoms with Gasteiger partial charge in [-0.05, 0) is 34.0 Å². The Morgan fingerprint density at radius 2 is 1.73 bits per heavy atom. The first-order valence-electron chi connectivity index (χ1n) is 7.26. The SMILES string of the molecule is C1=C\c2c(ccc3ccccc23)Cc2ccccc2OSN/1. The van der Waals surface area contributed by atoms with Crippen molar-refractivity contribution in [1.82, 2.24) is 4.72 Å². The Morgan fingerprint density at radius 3 is 2.73 bits per heavy atom. The molecule has 1 heterocycles. The van der Waals surface area contributed by atoms with E-state index in [1.807, 2.05) is 18.3 Å². The molecule has 1 N–H and O–H groups in total. The van der Waals surface area contributed by atoms with Crippen LogP contribution in [-0.2, 0) is 6.42 Å². The van der Waals surface area contributed by atoms with Crippen LogP contribution < -0.4 is 8.91 Å². The minimum Gasteiger partial charge on any atom is -0.405 e. The molecule has 0 unspecified atom stereocenters. The van der Waals surface area contributed by atoms with E-state index in [2.05, 4.69) is 59.3 Å². The standard InChI is InChI=1S/C19H15NOS/c1-3-7-17-14(5-1)9-10-15-13-16-6-2-4-8-19(16)21-22-20-12-11-18(15)17/h1-12,20H,13H2/b12-11-. The van der Waals surface area contributed by atoms with E-state index in [4.69, 9.17) is 4.18 Å².